The number of hydrogen-bond acceptors (Lipinski definition) is 6. The molecule has 2 aromatic rings. The molecule has 6 heteroatoms. The Kier molecular flexibility index (Phi) is 6.43. The molecule has 0 atom stereocenters. The molecule has 114 valence electrons. The fraction of sp³-hybridized carbons (Fsp3) is 0.467. The molecule has 0 saturated heterocycles. The van der Waals surface area contributed by atoms with Crippen LogP contribution < -0.4 is 10.1 Å². The van der Waals surface area contributed by atoms with E-state index in [-0.39, 0.29) is 0 Å². The second-order valence-corrected chi connectivity index (χ2v) is 5.39. The number of anilines is 1. The van der Waals surface area contributed by atoms with Gasteiger partial charge in [-0.1, -0.05) is 6.07 Å². The molecule has 0 aromatic carbocycles. The Morgan fingerprint density at radius 2 is 2.19 bits per heavy atom. The van der Waals surface area contributed by atoms with Crippen molar-refractivity contribution in [3.05, 3.63) is 34.3 Å². The molecule has 2 rings (SSSR count). The normalized spacial score (nSPS) is 10.6. The number of nitrogens with zero attached hydrogens (tertiary/aromatic N) is 2. The quantitative estimate of drug-likeness (QED) is 0.771. The second-order valence-electron chi connectivity index (χ2n) is 4.35. The van der Waals surface area contributed by atoms with E-state index in [4.69, 9.17) is 9.47 Å². The van der Waals surface area contributed by atoms with Crippen molar-refractivity contribution in [2.24, 2.45) is 0 Å². The van der Waals surface area contributed by atoms with Gasteiger partial charge in [0.1, 0.15) is 12.4 Å². The van der Waals surface area contributed by atoms with Crippen molar-refractivity contribution in [1.29, 1.82) is 0 Å². The molecule has 0 bridgehead atoms. The highest BCUT2D eigenvalue weighted by Gasteiger charge is 2.06. The molecule has 0 aliphatic heterocycles. The van der Waals surface area contributed by atoms with Crippen molar-refractivity contribution in [1.82, 2.24) is 9.97 Å². The molecule has 0 aliphatic carbocycles. The third-order valence-corrected chi connectivity index (χ3v) is 3.66. The Morgan fingerprint density at radius 1 is 1.29 bits per heavy atom. The molecular weight excluding hydrogens is 286 g/mol. The minimum Gasteiger partial charge on any atom is -0.477 e. The molecule has 0 spiro atoms. The van der Waals surface area contributed by atoms with Gasteiger partial charge in [-0.3, -0.25) is 0 Å². The third kappa shape index (κ3) is 5.32. The van der Waals surface area contributed by atoms with Gasteiger partial charge in [-0.05, 0) is 25.3 Å². The van der Waals surface area contributed by atoms with Crippen molar-refractivity contribution in [3.63, 3.8) is 0 Å². The highest BCUT2D eigenvalue weighted by molar-refractivity contribution is 7.09. The number of rotatable bonds is 9. The van der Waals surface area contributed by atoms with Gasteiger partial charge < -0.3 is 14.8 Å². The zero-order valence-corrected chi connectivity index (χ0v) is 13.3. The summed E-state index contributed by atoms with van der Waals surface area (Å²) in [6.45, 7) is 6.44. The van der Waals surface area contributed by atoms with Crippen LogP contribution in [-0.2, 0) is 17.8 Å². The zero-order valence-electron chi connectivity index (χ0n) is 12.5. The van der Waals surface area contributed by atoms with Crippen LogP contribution in [0.4, 0.5) is 5.82 Å². The molecular formula is C15H21N3O2S. The Hall–Kier alpha value is -1.66. The fourth-order valence-corrected chi connectivity index (χ4v) is 2.48. The molecule has 0 aliphatic rings. The van der Waals surface area contributed by atoms with Gasteiger partial charge in [-0.25, -0.2) is 4.98 Å². The van der Waals surface area contributed by atoms with Crippen LogP contribution in [0.25, 0.3) is 0 Å². The fourth-order valence-electron chi connectivity index (χ4n) is 1.79. The van der Waals surface area contributed by atoms with Crippen molar-refractivity contribution in [2.75, 3.05) is 25.1 Å². The SMILES string of the molecule is CCNc1cc(OCCc2cccs2)nc(COCC)n1. The summed E-state index contributed by atoms with van der Waals surface area (Å²) < 4.78 is 11.1. The van der Waals surface area contributed by atoms with Gasteiger partial charge in [0.25, 0.3) is 0 Å². The first kappa shape index (κ1) is 15.7. The van der Waals surface area contributed by atoms with Crippen molar-refractivity contribution >= 4 is 17.2 Å². The van der Waals surface area contributed by atoms with E-state index in [0.717, 1.165) is 18.8 Å². The highest BCUT2D eigenvalue weighted by atomic mass is 32.1. The molecule has 0 amide bonds. The van der Waals surface area contributed by atoms with E-state index in [1.54, 1.807) is 11.3 Å². The average Bonchev–Trinajstić information content (AvgIpc) is 2.99. The predicted octanol–water partition coefficient (Wildman–Crippen LogP) is 3.13. The van der Waals surface area contributed by atoms with Crippen LogP contribution in [-0.4, -0.2) is 29.7 Å². The van der Waals surface area contributed by atoms with Crippen LogP contribution in [0, 0.1) is 0 Å². The van der Waals surface area contributed by atoms with Gasteiger partial charge in [0.05, 0.1) is 6.61 Å². The van der Waals surface area contributed by atoms with E-state index >= 15 is 0 Å². The first-order chi connectivity index (χ1) is 10.3. The smallest absolute Gasteiger partial charge is 0.218 e. The molecule has 0 radical (unpaired) electrons. The van der Waals surface area contributed by atoms with E-state index in [9.17, 15) is 0 Å². The van der Waals surface area contributed by atoms with E-state index in [1.807, 2.05) is 26.0 Å². The van der Waals surface area contributed by atoms with E-state index in [1.165, 1.54) is 4.88 Å². The third-order valence-electron chi connectivity index (χ3n) is 2.72. The Balaban J connectivity index is 1.97. The molecule has 1 N–H and O–H groups in total. The standard InChI is InChI=1S/C15H21N3O2S/c1-3-16-13-10-15(18-14(17-13)11-19-4-2)20-8-7-12-6-5-9-21-12/h5-6,9-10H,3-4,7-8,11H2,1-2H3,(H,16,17,18). The topological polar surface area (TPSA) is 56.3 Å². The van der Waals surface area contributed by atoms with Crippen LogP contribution >= 0.6 is 11.3 Å². The molecule has 2 heterocycles. The van der Waals surface area contributed by atoms with Gasteiger partial charge in [0, 0.05) is 30.5 Å². The maximum atomic E-state index is 5.75. The van der Waals surface area contributed by atoms with Crippen molar-refractivity contribution in [3.8, 4) is 5.88 Å². The van der Waals surface area contributed by atoms with Crippen LogP contribution in [0.1, 0.15) is 24.5 Å². The lowest BCUT2D eigenvalue weighted by Crippen LogP contribution is -2.08. The second kappa shape index (κ2) is 8.59. The lowest BCUT2D eigenvalue weighted by Gasteiger charge is -2.10. The lowest BCUT2D eigenvalue weighted by molar-refractivity contribution is 0.127. The summed E-state index contributed by atoms with van der Waals surface area (Å²) in [7, 11) is 0. The minimum atomic E-state index is 0.400. The van der Waals surface area contributed by atoms with Gasteiger partial charge in [0.2, 0.25) is 5.88 Å². The van der Waals surface area contributed by atoms with Crippen LogP contribution in [0.2, 0.25) is 0 Å². The number of ether oxygens (including phenoxy) is 2. The largest absolute Gasteiger partial charge is 0.477 e. The van der Waals surface area contributed by atoms with Gasteiger partial charge >= 0.3 is 0 Å². The van der Waals surface area contributed by atoms with E-state index < -0.39 is 0 Å². The lowest BCUT2D eigenvalue weighted by atomic mass is 10.4. The van der Waals surface area contributed by atoms with Crippen molar-refractivity contribution < 1.29 is 9.47 Å². The van der Waals surface area contributed by atoms with Crippen LogP contribution in [0.5, 0.6) is 5.88 Å². The van der Waals surface area contributed by atoms with Crippen LogP contribution in [0.15, 0.2) is 23.6 Å². The van der Waals surface area contributed by atoms with Gasteiger partial charge in [-0.2, -0.15) is 4.98 Å². The first-order valence-electron chi connectivity index (χ1n) is 7.16. The minimum absolute atomic E-state index is 0.400. The number of nitrogens with one attached hydrogen (secondary N) is 1. The maximum absolute atomic E-state index is 5.75. The number of thiophene rings is 1. The number of hydrogen-bond donors (Lipinski definition) is 1. The molecule has 0 fully saturated rings. The monoisotopic (exact) mass is 307 g/mol. The highest BCUT2D eigenvalue weighted by Crippen LogP contribution is 2.15. The molecule has 2 aromatic heterocycles. The molecule has 5 nitrogen and oxygen atoms in total. The Morgan fingerprint density at radius 3 is 2.90 bits per heavy atom. The molecule has 21 heavy (non-hydrogen) atoms. The summed E-state index contributed by atoms with van der Waals surface area (Å²) >= 11 is 1.74. The summed E-state index contributed by atoms with van der Waals surface area (Å²) in [4.78, 5) is 10.1. The van der Waals surface area contributed by atoms with Gasteiger partial charge in [-0.15, -0.1) is 11.3 Å². The van der Waals surface area contributed by atoms with E-state index in [2.05, 4.69) is 26.7 Å². The van der Waals surface area contributed by atoms with Gasteiger partial charge in [0.15, 0.2) is 5.82 Å². The maximum Gasteiger partial charge on any atom is 0.218 e. The molecule has 0 unspecified atom stereocenters. The summed E-state index contributed by atoms with van der Waals surface area (Å²) in [6.07, 6.45) is 0.888. The number of aromatic nitrogens is 2. The predicted molar refractivity (Wildman–Crippen MR) is 85.0 cm³/mol. The van der Waals surface area contributed by atoms with Crippen LogP contribution in [0.3, 0.4) is 0 Å². The summed E-state index contributed by atoms with van der Waals surface area (Å²) in [5.74, 6) is 2.00. The van der Waals surface area contributed by atoms with E-state index in [0.29, 0.717) is 31.5 Å². The Bertz CT molecular complexity index is 532. The first-order valence-corrected chi connectivity index (χ1v) is 8.04. The zero-order chi connectivity index (χ0) is 14.9. The summed E-state index contributed by atoms with van der Waals surface area (Å²) in [5, 5.41) is 5.26. The molecule has 0 saturated carbocycles. The average molecular weight is 307 g/mol. The summed E-state index contributed by atoms with van der Waals surface area (Å²) in [5.41, 5.74) is 0. The summed E-state index contributed by atoms with van der Waals surface area (Å²) in [6, 6.07) is 5.99. The Labute approximate surface area is 129 Å². The van der Waals surface area contributed by atoms with Crippen molar-refractivity contribution in [2.45, 2.75) is 26.9 Å².